The number of carboxylic acids is 1. The monoisotopic (exact) mass is 582 g/mol. The van der Waals surface area contributed by atoms with Gasteiger partial charge in [-0.25, -0.2) is 9.97 Å². The zero-order valence-electron chi connectivity index (χ0n) is 24.6. The van der Waals surface area contributed by atoms with Crippen LogP contribution in [0.2, 0.25) is 0 Å². The van der Waals surface area contributed by atoms with Gasteiger partial charge in [0.25, 0.3) is 0 Å². The molecule has 6 nitrogen and oxygen atoms in total. The summed E-state index contributed by atoms with van der Waals surface area (Å²) in [5.74, 6) is 0.717. The van der Waals surface area contributed by atoms with E-state index in [9.17, 15) is 9.90 Å². The molecule has 6 aromatic rings. The van der Waals surface area contributed by atoms with Gasteiger partial charge in [-0.2, -0.15) is 0 Å². The lowest BCUT2D eigenvalue weighted by atomic mass is 9.72. The second-order valence-electron chi connectivity index (χ2n) is 11.2. The van der Waals surface area contributed by atoms with Gasteiger partial charge in [-0.15, -0.1) is 0 Å². The number of ether oxygens (including phenoxy) is 2. The van der Waals surface area contributed by atoms with Gasteiger partial charge in [0.2, 0.25) is 0 Å². The number of aliphatic carboxylic acids is 1. The van der Waals surface area contributed by atoms with Crippen molar-refractivity contribution in [2.24, 2.45) is 0 Å². The lowest BCUT2D eigenvalue weighted by Gasteiger charge is -2.31. The molecule has 4 aromatic carbocycles. The minimum absolute atomic E-state index is 0.121. The molecule has 0 saturated carbocycles. The van der Waals surface area contributed by atoms with E-state index in [-0.39, 0.29) is 6.42 Å². The van der Waals surface area contributed by atoms with Gasteiger partial charge >= 0.3 is 5.97 Å². The number of hydrogen-bond acceptors (Lipinski definition) is 5. The van der Waals surface area contributed by atoms with Crippen molar-refractivity contribution in [3.63, 3.8) is 0 Å². The predicted octanol–water partition coefficient (Wildman–Crippen LogP) is 8.50. The smallest absolute Gasteiger partial charge is 0.303 e. The standard InChI is InChI=1S/C38H34N2O4/c1-38(24-6-11-37(41)42,29-14-20-33(21-15-29)43-25-31-18-12-27-7-2-4-9-35(27)39-31)30-16-22-34(23-17-30)44-26-32-19-13-28-8-3-5-10-36(28)40-32/h2-5,7-10,12-23H,6,11,24-26H2,1H3,(H,41,42). The van der Waals surface area contributed by atoms with Gasteiger partial charge in [-0.1, -0.05) is 79.7 Å². The highest BCUT2D eigenvalue weighted by Crippen LogP contribution is 2.38. The topological polar surface area (TPSA) is 81.5 Å². The van der Waals surface area contributed by atoms with Crippen LogP contribution in [0.5, 0.6) is 11.5 Å². The van der Waals surface area contributed by atoms with Gasteiger partial charge < -0.3 is 14.6 Å². The zero-order valence-corrected chi connectivity index (χ0v) is 24.6. The summed E-state index contributed by atoms with van der Waals surface area (Å²) in [5, 5.41) is 11.5. The van der Waals surface area contributed by atoms with Gasteiger partial charge in [0.15, 0.2) is 0 Å². The lowest BCUT2D eigenvalue weighted by molar-refractivity contribution is -0.137. The van der Waals surface area contributed by atoms with Gasteiger partial charge in [-0.05, 0) is 72.5 Å². The average Bonchev–Trinajstić information content (AvgIpc) is 3.06. The molecule has 0 fully saturated rings. The Balaban J connectivity index is 1.15. The number of aromatic nitrogens is 2. The number of carboxylic acid groups (broad SMARTS) is 1. The maximum Gasteiger partial charge on any atom is 0.303 e. The number of hydrogen-bond donors (Lipinski definition) is 1. The van der Waals surface area contributed by atoms with Gasteiger partial charge in [0.1, 0.15) is 24.7 Å². The second kappa shape index (κ2) is 13.0. The Bertz CT molecular complexity index is 1760. The molecule has 2 aromatic heterocycles. The van der Waals surface area contributed by atoms with Crippen molar-refractivity contribution in [1.82, 2.24) is 9.97 Å². The number of fused-ring (bicyclic) bond motifs is 2. The highest BCUT2D eigenvalue weighted by Gasteiger charge is 2.29. The number of para-hydroxylation sites is 2. The SMILES string of the molecule is CC(CCCC(=O)O)(c1ccc(OCc2ccc3ccccc3n2)cc1)c1ccc(OCc2ccc3ccccc3n2)cc1. The highest BCUT2D eigenvalue weighted by atomic mass is 16.5. The Morgan fingerprint density at radius 1 is 0.636 bits per heavy atom. The first kappa shape index (κ1) is 28.9. The van der Waals surface area contributed by atoms with E-state index in [4.69, 9.17) is 19.4 Å². The van der Waals surface area contributed by atoms with Gasteiger partial charge in [0, 0.05) is 22.6 Å². The van der Waals surface area contributed by atoms with E-state index in [1.165, 1.54) is 0 Å². The maximum atomic E-state index is 11.3. The number of carbonyl (C=O) groups is 1. The van der Waals surface area contributed by atoms with Gasteiger partial charge in [-0.3, -0.25) is 4.79 Å². The summed E-state index contributed by atoms with van der Waals surface area (Å²) in [4.78, 5) is 20.7. The molecular formula is C38H34N2O4. The number of nitrogens with zero attached hydrogens (tertiary/aromatic N) is 2. The molecule has 220 valence electrons. The fraction of sp³-hybridized carbons (Fsp3) is 0.184. The van der Waals surface area contributed by atoms with Crippen LogP contribution in [0.1, 0.15) is 48.7 Å². The molecule has 2 heterocycles. The zero-order chi connectivity index (χ0) is 30.4. The molecule has 44 heavy (non-hydrogen) atoms. The summed E-state index contributed by atoms with van der Waals surface area (Å²) >= 11 is 0. The minimum Gasteiger partial charge on any atom is -0.487 e. The molecule has 0 unspecified atom stereocenters. The number of pyridine rings is 2. The third-order valence-corrected chi connectivity index (χ3v) is 8.14. The van der Waals surface area contributed by atoms with E-state index >= 15 is 0 Å². The largest absolute Gasteiger partial charge is 0.487 e. The fourth-order valence-electron chi connectivity index (χ4n) is 5.58. The van der Waals surface area contributed by atoms with Crippen LogP contribution < -0.4 is 9.47 Å². The fourth-order valence-corrected chi connectivity index (χ4v) is 5.58. The molecule has 0 saturated heterocycles. The first-order valence-electron chi connectivity index (χ1n) is 14.8. The normalized spacial score (nSPS) is 11.5. The molecule has 0 amide bonds. The molecule has 0 aliphatic rings. The quantitative estimate of drug-likeness (QED) is 0.156. The van der Waals surface area contributed by atoms with Crippen LogP contribution >= 0.6 is 0 Å². The van der Waals surface area contributed by atoms with Crippen LogP contribution in [0.15, 0.2) is 121 Å². The van der Waals surface area contributed by atoms with Crippen molar-refractivity contribution >= 4 is 27.8 Å². The van der Waals surface area contributed by atoms with Gasteiger partial charge in [0.05, 0.1) is 22.4 Å². The highest BCUT2D eigenvalue weighted by molar-refractivity contribution is 5.79. The van der Waals surface area contributed by atoms with Crippen molar-refractivity contribution in [1.29, 1.82) is 0 Å². The number of rotatable bonds is 12. The maximum absolute atomic E-state index is 11.3. The molecule has 6 heteroatoms. The van der Waals surface area contributed by atoms with E-state index in [2.05, 4.69) is 43.3 Å². The Kier molecular flexibility index (Phi) is 8.50. The van der Waals surface area contributed by atoms with E-state index < -0.39 is 11.4 Å². The third kappa shape index (κ3) is 6.70. The average molecular weight is 583 g/mol. The molecule has 0 aliphatic heterocycles. The van der Waals surface area contributed by atoms with Crippen molar-refractivity contribution in [3.05, 3.63) is 144 Å². The summed E-state index contributed by atoms with van der Waals surface area (Å²) in [6.45, 7) is 2.91. The van der Waals surface area contributed by atoms with Crippen LogP contribution in [0.4, 0.5) is 0 Å². The summed E-state index contributed by atoms with van der Waals surface area (Å²) in [6, 6.07) is 40.3. The van der Waals surface area contributed by atoms with E-state index in [1.807, 2.05) is 84.9 Å². The Labute approximate surface area is 257 Å². The molecule has 0 radical (unpaired) electrons. The molecule has 0 spiro atoms. The third-order valence-electron chi connectivity index (χ3n) is 8.14. The molecular weight excluding hydrogens is 548 g/mol. The second-order valence-corrected chi connectivity index (χ2v) is 11.2. The van der Waals surface area contributed by atoms with E-state index in [1.54, 1.807) is 0 Å². The van der Waals surface area contributed by atoms with E-state index in [0.717, 1.165) is 55.8 Å². The molecule has 6 rings (SSSR count). The Morgan fingerprint density at radius 2 is 1.09 bits per heavy atom. The summed E-state index contributed by atoms with van der Waals surface area (Å²) in [5.41, 5.74) is 5.41. The summed E-state index contributed by atoms with van der Waals surface area (Å²) < 4.78 is 12.1. The first-order chi connectivity index (χ1) is 21.5. The lowest BCUT2D eigenvalue weighted by Crippen LogP contribution is -2.24. The molecule has 1 N–H and O–H groups in total. The Hall–Kier alpha value is -5.23. The summed E-state index contributed by atoms with van der Waals surface area (Å²) in [7, 11) is 0. The van der Waals surface area contributed by atoms with Crippen LogP contribution in [-0.2, 0) is 23.4 Å². The van der Waals surface area contributed by atoms with Crippen LogP contribution in [0, 0.1) is 0 Å². The first-order valence-corrected chi connectivity index (χ1v) is 14.8. The van der Waals surface area contributed by atoms with Crippen LogP contribution in [0.3, 0.4) is 0 Å². The van der Waals surface area contributed by atoms with Crippen molar-refractivity contribution < 1.29 is 19.4 Å². The van der Waals surface area contributed by atoms with Crippen molar-refractivity contribution in [3.8, 4) is 11.5 Å². The van der Waals surface area contributed by atoms with Crippen LogP contribution in [0.25, 0.3) is 21.8 Å². The Morgan fingerprint density at radius 3 is 1.55 bits per heavy atom. The molecule has 0 bridgehead atoms. The van der Waals surface area contributed by atoms with E-state index in [0.29, 0.717) is 26.1 Å². The van der Waals surface area contributed by atoms with Crippen molar-refractivity contribution in [2.45, 2.75) is 44.8 Å². The summed E-state index contributed by atoms with van der Waals surface area (Å²) in [6.07, 6.45) is 1.36. The number of benzene rings is 4. The minimum atomic E-state index is -0.788. The molecule has 0 aliphatic carbocycles. The van der Waals surface area contributed by atoms with Crippen molar-refractivity contribution in [2.75, 3.05) is 0 Å². The molecule has 0 atom stereocenters. The van der Waals surface area contributed by atoms with Crippen LogP contribution in [-0.4, -0.2) is 21.0 Å². The predicted molar refractivity (Wildman–Crippen MR) is 173 cm³/mol.